The van der Waals surface area contributed by atoms with E-state index in [4.69, 9.17) is 0 Å². The molecule has 0 spiro atoms. The fraction of sp³-hybridized carbons (Fsp3) is 0.176. The van der Waals surface area contributed by atoms with E-state index in [9.17, 15) is 14.7 Å². The molecule has 0 aliphatic heterocycles. The van der Waals surface area contributed by atoms with Crippen molar-refractivity contribution in [1.29, 1.82) is 0 Å². The molecule has 2 aromatic heterocycles. The lowest BCUT2D eigenvalue weighted by Crippen LogP contribution is -2.27. The molecule has 1 N–H and O–H groups in total. The second kappa shape index (κ2) is 6.11. The van der Waals surface area contributed by atoms with Gasteiger partial charge in [-0.25, -0.2) is 14.3 Å². The quantitative estimate of drug-likeness (QED) is 0.796. The topological polar surface area (TPSA) is 87.8 Å². The minimum atomic E-state index is -1.07. The Morgan fingerprint density at radius 3 is 2.75 bits per heavy atom. The van der Waals surface area contributed by atoms with E-state index < -0.39 is 5.97 Å². The minimum Gasteiger partial charge on any atom is -0.477 e. The number of hydrogen-bond donors (Lipinski definition) is 1. The Bertz CT molecular complexity index is 932. The minimum absolute atomic E-state index is 0.0400. The predicted octanol–water partition coefficient (Wildman–Crippen LogP) is 2.47. The van der Waals surface area contributed by atoms with Crippen molar-refractivity contribution in [3.8, 4) is 11.3 Å². The second-order valence-electron chi connectivity index (χ2n) is 5.24. The summed E-state index contributed by atoms with van der Waals surface area (Å²) in [5.74, 6) is -1.11. The van der Waals surface area contributed by atoms with Gasteiger partial charge in [0.25, 0.3) is 0 Å². The molecule has 2 heterocycles. The van der Waals surface area contributed by atoms with Gasteiger partial charge in [-0.05, 0) is 25.1 Å². The molecule has 0 atom stereocenters. The Balaban J connectivity index is 2.15. The summed E-state index contributed by atoms with van der Waals surface area (Å²) < 4.78 is 1.49. The largest absolute Gasteiger partial charge is 0.477 e. The van der Waals surface area contributed by atoms with Crippen molar-refractivity contribution in [3.05, 3.63) is 48.3 Å². The summed E-state index contributed by atoms with van der Waals surface area (Å²) >= 11 is 0. The summed E-state index contributed by atoms with van der Waals surface area (Å²) in [5.41, 5.74) is 2.63. The molecule has 3 aromatic rings. The highest BCUT2D eigenvalue weighted by atomic mass is 16.4. The van der Waals surface area contributed by atoms with Crippen LogP contribution in [-0.2, 0) is 4.79 Å². The SMILES string of the molecule is CCN(C(C)=O)c1cccc(-c2ccnc3c(C(=O)O)cnn23)c1. The average Bonchev–Trinajstić information content (AvgIpc) is 2.99. The van der Waals surface area contributed by atoms with E-state index in [1.165, 1.54) is 17.6 Å². The number of aromatic carboxylic acids is 1. The highest BCUT2D eigenvalue weighted by Gasteiger charge is 2.16. The fourth-order valence-corrected chi connectivity index (χ4v) is 2.68. The molecule has 0 aliphatic rings. The summed E-state index contributed by atoms with van der Waals surface area (Å²) in [4.78, 5) is 28.8. The number of rotatable bonds is 4. The van der Waals surface area contributed by atoms with Crippen LogP contribution < -0.4 is 4.90 Å². The molecular formula is C17H16N4O3. The Kier molecular flexibility index (Phi) is 3.99. The molecule has 0 unspecified atom stereocenters. The molecule has 1 aromatic carbocycles. The maximum atomic E-state index is 11.7. The second-order valence-corrected chi connectivity index (χ2v) is 5.24. The van der Waals surface area contributed by atoms with E-state index in [1.807, 2.05) is 31.2 Å². The number of carbonyl (C=O) groups is 2. The lowest BCUT2D eigenvalue weighted by Gasteiger charge is -2.19. The van der Waals surface area contributed by atoms with Gasteiger partial charge in [0, 0.05) is 30.9 Å². The van der Waals surface area contributed by atoms with Crippen LogP contribution in [0.5, 0.6) is 0 Å². The third-order valence-corrected chi connectivity index (χ3v) is 3.78. The molecule has 0 saturated heterocycles. The van der Waals surface area contributed by atoms with Gasteiger partial charge in [-0.15, -0.1) is 0 Å². The van der Waals surface area contributed by atoms with Crippen LogP contribution in [0.15, 0.2) is 42.7 Å². The van der Waals surface area contributed by atoms with E-state index >= 15 is 0 Å². The predicted molar refractivity (Wildman–Crippen MR) is 89.1 cm³/mol. The zero-order valence-electron chi connectivity index (χ0n) is 13.3. The van der Waals surface area contributed by atoms with Crippen LogP contribution in [0.3, 0.4) is 0 Å². The monoisotopic (exact) mass is 324 g/mol. The number of carboxylic acid groups (broad SMARTS) is 1. The van der Waals surface area contributed by atoms with Crippen molar-refractivity contribution < 1.29 is 14.7 Å². The molecule has 122 valence electrons. The molecule has 0 bridgehead atoms. The summed E-state index contributed by atoms with van der Waals surface area (Å²) in [6.07, 6.45) is 2.83. The first kappa shape index (κ1) is 15.7. The number of carboxylic acids is 1. The highest BCUT2D eigenvalue weighted by Crippen LogP contribution is 2.25. The van der Waals surface area contributed by atoms with Crippen molar-refractivity contribution in [2.45, 2.75) is 13.8 Å². The molecule has 1 amide bonds. The number of anilines is 1. The molecule has 0 radical (unpaired) electrons. The summed E-state index contributed by atoms with van der Waals surface area (Å²) in [5, 5.41) is 13.3. The molecule has 0 saturated carbocycles. The van der Waals surface area contributed by atoms with Crippen molar-refractivity contribution >= 4 is 23.2 Å². The van der Waals surface area contributed by atoms with Gasteiger partial charge in [-0.3, -0.25) is 4.79 Å². The van der Waals surface area contributed by atoms with E-state index in [2.05, 4.69) is 10.1 Å². The Morgan fingerprint density at radius 2 is 2.08 bits per heavy atom. The van der Waals surface area contributed by atoms with Crippen LogP contribution in [0.25, 0.3) is 16.9 Å². The molecule has 7 nitrogen and oxygen atoms in total. The van der Waals surface area contributed by atoms with Gasteiger partial charge in [0.05, 0.1) is 11.9 Å². The van der Waals surface area contributed by atoms with Gasteiger partial charge in [0.15, 0.2) is 5.65 Å². The van der Waals surface area contributed by atoms with Crippen LogP contribution in [0.4, 0.5) is 5.69 Å². The Morgan fingerprint density at radius 1 is 1.29 bits per heavy atom. The fourth-order valence-electron chi connectivity index (χ4n) is 2.68. The van der Waals surface area contributed by atoms with E-state index in [1.54, 1.807) is 17.2 Å². The van der Waals surface area contributed by atoms with Crippen LogP contribution in [0.1, 0.15) is 24.2 Å². The average molecular weight is 324 g/mol. The van der Waals surface area contributed by atoms with Crippen LogP contribution in [0, 0.1) is 0 Å². The van der Waals surface area contributed by atoms with Gasteiger partial charge in [0.2, 0.25) is 5.91 Å². The molecule has 3 rings (SSSR count). The van der Waals surface area contributed by atoms with Crippen LogP contribution in [-0.4, -0.2) is 38.1 Å². The molecule has 0 aliphatic carbocycles. The first-order valence-corrected chi connectivity index (χ1v) is 7.47. The van der Waals surface area contributed by atoms with Crippen molar-refractivity contribution in [2.24, 2.45) is 0 Å². The summed E-state index contributed by atoms with van der Waals surface area (Å²) in [7, 11) is 0. The number of carbonyl (C=O) groups excluding carboxylic acids is 1. The first-order valence-electron chi connectivity index (χ1n) is 7.47. The van der Waals surface area contributed by atoms with Gasteiger partial charge >= 0.3 is 5.97 Å². The molecular weight excluding hydrogens is 308 g/mol. The number of fused-ring (bicyclic) bond motifs is 1. The standard InChI is InChI=1S/C17H16N4O3/c1-3-20(11(2)22)13-6-4-5-12(9-13)15-7-8-18-16-14(17(23)24)10-19-21(15)16/h4-10H,3H2,1-2H3,(H,23,24). The van der Waals surface area contributed by atoms with E-state index in [0.717, 1.165) is 11.3 Å². The van der Waals surface area contributed by atoms with Crippen molar-refractivity contribution in [3.63, 3.8) is 0 Å². The lowest BCUT2D eigenvalue weighted by molar-refractivity contribution is -0.116. The summed E-state index contributed by atoms with van der Waals surface area (Å²) in [6.45, 7) is 3.99. The smallest absolute Gasteiger partial charge is 0.341 e. The van der Waals surface area contributed by atoms with Gasteiger partial charge in [-0.1, -0.05) is 12.1 Å². The van der Waals surface area contributed by atoms with Crippen molar-refractivity contribution in [1.82, 2.24) is 14.6 Å². The third kappa shape index (κ3) is 2.60. The van der Waals surface area contributed by atoms with E-state index in [-0.39, 0.29) is 17.1 Å². The highest BCUT2D eigenvalue weighted by molar-refractivity contribution is 5.95. The van der Waals surface area contributed by atoms with Gasteiger partial charge in [-0.2, -0.15) is 5.10 Å². The zero-order chi connectivity index (χ0) is 17.3. The Hall–Kier alpha value is -3.22. The number of hydrogen-bond acceptors (Lipinski definition) is 4. The zero-order valence-corrected chi connectivity index (χ0v) is 13.3. The van der Waals surface area contributed by atoms with Crippen LogP contribution in [0.2, 0.25) is 0 Å². The van der Waals surface area contributed by atoms with Gasteiger partial charge in [0.1, 0.15) is 5.56 Å². The first-order chi connectivity index (χ1) is 11.5. The lowest BCUT2D eigenvalue weighted by atomic mass is 10.1. The molecule has 24 heavy (non-hydrogen) atoms. The number of aromatic nitrogens is 3. The molecule has 7 heteroatoms. The number of benzene rings is 1. The number of amides is 1. The van der Waals surface area contributed by atoms with Gasteiger partial charge < -0.3 is 10.0 Å². The summed E-state index contributed by atoms with van der Waals surface area (Å²) in [6, 6.07) is 9.23. The Labute approximate surface area is 138 Å². The normalized spacial score (nSPS) is 10.8. The number of nitrogens with zero attached hydrogens (tertiary/aromatic N) is 4. The maximum absolute atomic E-state index is 11.7. The maximum Gasteiger partial charge on any atom is 0.341 e. The van der Waals surface area contributed by atoms with Crippen LogP contribution >= 0.6 is 0 Å². The van der Waals surface area contributed by atoms with Crippen molar-refractivity contribution in [2.75, 3.05) is 11.4 Å². The third-order valence-electron chi connectivity index (χ3n) is 3.78. The molecule has 0 fully saturated rings. The van der Waals surface area contributed by atoms with E-state index in [0.29, 0.717) is 12.2 Å².